The number of nitrogens with one attached hydrogen (secondary N) is 2. The van der Waals surface area contributed by atoms with Crippen LogP contribution in [0.25, 0.3) is 0 Å². The number of Topliss-reactive ketones (excluding diaryl/α,β-unsaturated/α-hetero) is 1. The Morgan fingerprint density at radius 1 is 1.06 bits per heavy atom. The number of hydrogen-bond donors (Lipinski definition) is 2. The van der Waals surface area contributed by atoms with Crippen molar-refractivity contribution in [3.8, 4) is 0 Å². The quantitative estimate of drug-likeness (QED) is 0.241. The van der Waals surface area contributed by atoms with E-state index in [1.165, 1.54) is 30.3 Å². The minimum Gasteiger partial charge on any atom is -0.378 e. The maximum atomic E-state index is 13.9. The molecule has 0 aliphatic rings. The van der Waals surface area contributed by atoms with Crippen molar-refractivity contribution in [3.63, 3.8) is 0 Å². The van der Waals surface area contributed by atoms with E-state index in [0.29, 0.717) is 22.6 Å². The van der Waals surface area contributed by atoms with Crippen LogP contribution >= 0.6 is 15.9 Å². The van der Waals surface area contributed by atoms with Crippen LogP contribution < -0.4 is 10.0 Å². The number of aryl methyl sites for hydroxylation is 1. The van der Waals surface area contributed by atoms with E-state index in [-0.39, 0.29) is 22.9 Å². The summed E-state index contributed by atoms with van der Waals surface area (Å²) in [5, 5.41) is 6.87. The summed E-state index contributed by atoms with van der Waals surface area (Å²) in [7, 11) is -3.87. The van der Waals surface area contributed by atoms with Gasteiger partial charge in [-0.15, -0.1) is 0 Å². The lowest BCUT2D eigenvalue weighted by molar-refractivity contribution is 0.0976. The van der Waals surface area contributed by atoms with Gasteiger partial charge >= 0.3 is 0 Å². The van der Waals surface area contributed by atoms with Crippen molar-refractivity contribution < 1.29 is 22.1 Å². The SMILES string of the molecule is Cc1cc(NS(=O)(=O)c2ccc(NC(CC(=O)c3ccc(Br)cc3)c3cccc(F)c3)cc2)no1. The van der Waals surface area contributed by atoms with Gasteiger partial charge in [-0.3, -0.25) is 9.52 Å². The molecule has 0 bridgehead atoms. The van der Waals surface area contributed by atoms with E-state index in [9.17, 15) is 17.6 Å². The zero-order valence-electron chi connectivity index (χ0n) is 18.5. The van der Waals surface area contributed by atoms with Crippen molar-refractivity contribution >= 4 is 43.2 Å². The topological polar surface area (TPSA) is 101 Å². The summed E-state index contributed by atoms with van der Waals surface area (Å²) in [5.41, 5.74) is 1.70. The van der Waals surface area contributed by atoms with Gasteiger partial charge in [0.1, 0.15) is 11.6 Å². The van der Waals surface area contributed by atoms with E-state index in [4.69, 9.17) is 4.52 Å². The van der Waals surface area contributed by atoms with Crippen LogP contribution in [0.4, 0.5) is 15.9 Å². The second-order valence-corrected chi connectivity index (χ2v) is 10.4. The Balaban J connectivity index is 1.54. The fourth-order valence-corrected chi connectivity index (χ4v) is 4.71. The molecule has 0 saturated carbocycles. The third-order valence-corrected chi connectivity index (χ3v) is 7.08. The van der Waals surface area contributed by atoms with Gasteiger partial charge in [-0.25, -0.2) is 12.8 Å². The first-order valence-electron chi connectivity index (χ1n) is 10.6. The molecule has 0 radical (unpaired) electrons. The summed E-state index contributed by atoms with van der Waals surface area (Å²) in [4.78, 5) is 13.0. The lowest BCUT2D eigenvalue weighted by Crippen LogP contribution is -2.16. The van der Waals surface area contributed by atoms with Crippen LogP contribution in [0, 0.1) is 12.7 Å². The van der Waals surface area contributed by atoms with Crippen LogP contribution in [0.2, 0.25) is 0 Å². The second kappa shape index (κ2) is 10.4. The van der Waals surface area contributed by atoms with Crippen LogP contribution in [0.5, 0.6) is 0 Å². The number of aromatic nitrogens is 1. The highest BCUT2D eigenvalue weighted by molar-refractivity contribution is 9.10. The summed E-state index contributed by atoms with van der Waals surface area (Å²) in [5.74, 6) is 0.0252. The van der Waals surface area contributed by atoms with Gasteiger partial charge in [0.15, 0.2) is 11.6 Å². The molecule has 1 unspecified atom stereocenters. The molecular weight excluding hydrogens is 537 g/mol. The first-order valence-corrected chi connectivity index (χ1v) is 12.8. The highest BCUT2D eigenvalue weighted by Gasteiger charge is 2.20. The maximum Gasteiger partial charge on any atom is 0.263 e. The molecule has 4 rings (SSSR count). The van der Waals surface area contributed by atoms with E-state index >= 15 is 0 Å². The summed E-state index contributed by atoms with van der Waals surface area (Å²) in [6.07, 6.45) is 0.0677. The predicted molar refractivity (Wildman–Crippen MR) is 134 cm³/mol. The number of rotatable bonds is 9. The number of nitrogens with zero attached hydrogens (tertiary/aromatic N) is 1. The van der Waals surface area contributed by atoms with Gasteiger partial charge in [-0.2, -0.15) is 0 Å². The Morgan fingerprint density at radius 2 is 1.77 bits per heavy atom. The fraction of sp³-hybridized carbons (Fsp3) is 0.120. The lowest BCUT2D eigenvalue weighted by Gasteiger charge is -2.20. The molecule has 0 aliphatic carbocycles. The molecule has 1 heterocycles. The maximum absolute atomic E-state index is 13.9. The molecule has 1 aromatic heterocycles. The van der Waals surface area contributed by atoms with Crippen LogP contribution in [0.3, 0.4) is 0 Å². The third kappa shape index (κ3) is 6.34. The summed E-state index contributed by atoms with van der Waals surface area (Å²) >= 11 is 3.35. The molecule has 10 heteroatoms. The number of sulfonamides is 1. The Hall–Kier alpha value is -3.50. The highest BCUT2D eigenvalue weighted by atomic mass is 79.9. The molecule has 0 aliphatic heterocycles. The monoisotopic (exact) mass is 557 g/mol. The van der Waals surface area contributed by atoms with Crippen LogP contribution in [-0.2, 0) is 10.0 Å². The first-order chi connectivity index (χ1) is 16.7. The zero-order chi connectivity index (χ0) is 25.0. The number of benzene rings is 3. The normalized spacial score (nSPS) is 12.2. The number of carbonyl (C=O) groups excluding carboxylic acids is 1. The lowest BCUT2D eigenvalue weighted by atomic mass is 9.97. The highest BCUT2D eigenvalue weighted by Crippen LogP contribution is 2.27. The van der Waals surface area contributed by atoms with Crippen molar-refractivity contribution in [2.24, 2.45) is 0 Å². The summed E-state index contributed by atoms with van der Waals surface area (Å²) < 4.78 is 47.3. The molecule has 7 nitrogen and oxygen atoms in total. The molecule has 1 atom stereocenters. The van der Waals surface area contributed by atoms with Gasteiger partial charge in [-0.05, 0) is 61.0 Å². The van der Waals surface area contributed by atoms with E-state index in [0.717, 1.165) is 4.47 Å². The Bertz CT molecular complexity index is 1440. The largest absolute Gasteiger partial charge is 0.378 e. The van der Waals surface area contributed by atoms with E-state index in [1.807, 2.05) is 0 Å². The molecule has 0 amide bonds. The van der Waals surface area contributed by atoms with Crippen molar-refractivity contribution in [1.82, 2.24) is 5.16 Å². The minimum atomic E-state index is -3.87. The molecule has 35 heavy (non-hydrogen) atoms. The van der Waals surface area contributed by atoms with Crippen molar-refractivity contribution in [1.29, 1.82) is 0 Å². The van der Waals surface area contributed by atoms with Crippen molar-refractivity contribution in [2.75, 3.05) is 10.0 Å². The Morgan fingerprint density at radius 3 is 2.40 bits per heavy atom. The van der Waals surface area contributed by atoms with Crippen LogP contribution in [-0.4, -0.2) is 19.4 Å². The molecule has 0 fully saturated rings. The van der Waals surface area contributed by atoms with Gasteiger partial charge in [0.2, 0.25) is 0 Å². The van der Waals surface area contributed by atoms with Crippen LogP contribution in [0.1, 0.15) is 34.1 Å². The van der Waals surface area contributed by atoms with Crippen molar-refractivity contribution in [2.45, 2.75) is 24.3 Å². The zero-order valence-corrected chi connectivity index (χ0v) is 20.9. The van der Waals surface area contributed by atoms with Crippen molar-refractivity contribution in [3.05, 3.63) is 106 Å². The molecule has 3 aromatic carbocycles. The van der Waals surface area contributed by atoms with Gasteiger partial charge in [-0.1, -0.05) is 45.4 Å². The molecule has 4 aromatic rings. The standard InChI is InChI=1S/C25H21BrFN3O4S/c1-16-13-25(29-34-16)30-35(32,33)22-11-9-21(10-12-22)28-23(18-3-2-4-20(27)14-18)15-24(31)17-5-7-19(26)8-6-17/h2-14,23,28H,15H2,1H3,(H,29,30). The number of halogens is 2. The Kier molecular flexibility index (Phi) is 7.32. The third-order valence-electron chi connectivity index (χ3n) is 5.18. The van der Waals surface area contributed by atoms with E-state index < -0.39 is 21.9 Å². The molecule has 0 spiro atoms. The summed E-state index contributed by atoms with van der Waals surface area (Å²) in [6, 6.07) is 20.0. The predicted octanol–water partition coefficient (Wildman–Crippen LogP) is 6.11. The molecule has 0 saturated heterocycles. The van der Waals surface area contributed by atoms with Crippen LogP contribution in [0.15, 0.2) is 92.8 Å². The average molecular weight is 558 g/mol. The number of hydrogen-bond acceptors (Lipinski definition) is 6. The average Bonchev–Trinajstić information content (AvgIpc) is 3.23. The van der Waals surface area contributed by atoms with Gasteiger partial charge < -0.3 is 9.84 Å². The van der Waals surface area contributed by atoms with Gasteiger partial charge in [0, 0.05) is 28.2 Å². The second-order valence-electron chi connectivity index (χ2n) is 7.84. The number of ketones is 1. The fourth-order valence-electron chi connectivity index (χ4n) is 3.46. The number of carbonyl (C=O) groups is 1. The molecule has 180 valence electrons. The van der Waals surface area contributed by atoms with E-state index in [2.05, 4.69) is 31.1 Å². The molecule has 2 N–H and O–H groups in total. The van der Waals surface area contributed by atoms with Gasteiger partial charge in [0.05, 0.1) is 10.9 Å². The Labute approximate surface area is 210 Å². The minimum absolute atomic E-state index is 0.0250. The summed E-state index contributed by atoms with van der Waals surface area (Å²) in [6.45, 7) is 1.65. The molecular formula is C25H21BrFN3O4S. The number of anilines is 2. The first kappa shape index (κ1) is 24.6. The van der Waals surface area contributed by atoms with Gasteiger partial charge in [0.25, 0.3) is 10.0 Å². The smallest absolute Gasteiger partial charge is 0.263 e. The van der Waals surface area contributed by atoms with E-state index in [1.54, 1.807) is 55.5 Å².